The summed E-state index contributed by atoms with van der Waals surface area (Å²) in [6.45, 7) is 2.19. The van der Waals surface area contributed by atoms with Crippen LogP contribution in [0, 0.1) is 0 Å². The summed E-state index contributed by atoms with van der Waals surface area (Å²) in [4.78, 5) is 24.2. The first-order chi connectivity index (χ1) is 10.6. The van der Waals surface area contributed by atoms with Crippen LogP contribution in [0.1, 0.15) is 50.4 Å². The Balaban J connectivity index is 1.63. The van der Waals surface area contributed by atoms with E-state index < -0.39 is 5.60 Å². The maximum absolute atomic E-state index is 12.6. The molecule has 22 heavy (non-hydrogen) atoms. The molecule has 6 heteroatoms. The van der Waals surface area contributed by atoms with Gasteiger partial charge in [0.1, 0.15) is 5.82 Å². The molecule has 2 fully saturated rings. The first kappa shape index (κ1) is 15.5. The zero-order valence-electron chi connectivity index (χ0n) is 13.3. The minimum Gasteiger partial charge on any atom is -0.389 e. The van der Waals surface area contributed by atoms with Gasteiger partial charge in [0.2, 0.25) is 5.91 Å². The van der Waals surface area contributed by atoms with Gasteiger partial charge < -0.3 is 15.0 Å². The number of aromatic amines is 1. The Bertz CT molecular complexity index is 496. The van der Waals surface area contributed by atoms with Crippen LogP contribution < -0.4 is 0 Å². The van der Waals surface area contributed by atoms with Crippen LogP contribution in [0.15, 0.2) is 12.4 Å². The summed E-state index contributed by atoms with van der Waals surface area (Å²) >= 11 is 0. The van der Waals surface area contributed by atoms with Crippen molar-refractivity contribution in [3.05, 3.63) is 18.2 Å². The molecule has 2 heterocycles. The van der Waals surface area contributed by atoms with Gasteiger partial charge in [-0.3, -0.25) is 9.69 Å². The summed E-state index contributed by atoms with van der Waals surface area (Å²) in [6.07, 6.45) is 8.57. The van der Waals surface area contributed by atoms with Gasteiger partial charge in [0.25, 0.3) is 0 Å². The number of rotatable bonds is 3. The van der Waals surface area contributed by atoms with E-state index in [9.17, 15) is 9.90 Å². The molecule has 2 aliphatic rings. The van der Waals surface area contributed by atoms with E-state index in [2.05, 4.69) is 21.9 Å². The Morgan fingerprint density at radius 2 is 2.18 bits per heavy atom. The highest BCUT2D eigenvalue weighted by atomic mass is 16.3. The third-order valence-corrected chi connectivity index (χ3v) is 5.10. The molecule has 1 atom stereocenters. The van der Waals surface area contributed by atoms with E-state index in [0.717, 1.165) is 44.6 Å². The van der Waals surface area contributed by atoms with Crippen molar-refractivity contribution < 1.29 is 9.90 Å². The number of nitrogens with one attached hydrogen (secondary N) is 1. The van der Waals surface area contributed by atoms with E-state index in [1.165, 1.54) is 6.42 Å². The molecule has 1 aromatic rings. The summed E-state index contributed by atoms with van der Waals surface area (Å²) in [5, 5.41) is 10.6. The number of hydrogen-bond acceptors (Lipinski definition) is 4. The third-order valence-electron chi connectivity index (χ3n) is 5.10. The highest BCUT2D eigenvalue weighted by Crippen LogP contribution is 2.32. The van der Waals surface area contributed by atoms with Gasteiger partial charge in [-0.15, -0.1) is 0 Å². The molecule has 1 amide bonds. The second-order valence-electron chi connectivity index (χ2n) is 6.77. The van der Waals surface area contributed by atoms with Crippen molar-refractivity contribution in [1.82, 2.24) is 19.8 Å². The van der Waals surface area contributed by atoms with Crippen molar-refractivity contribution >= 4 is 5.91 Å². The zero-order chi connectivity index (χ0) is 15.6. The smallest absolute Gasteiger partial charge is 0.225 e. The number of amides is 1. The third kappa shape index (κ3) is 3.33. The fourth-order valence-electron chi connectivity index (χ4n) is 3.64. The number of carbonyl (C=O) groups excluding carboxylic acids is 1. The van der Waals surface area contributed by atoms with Gasteiger partial charge in [0.15, 0.2) is 0 Å². The maximum Gasteiger partial charge on any atom is 0.225 e. The summed E-state index contributed by atoms with van der Waals surface area (Å²) in [6, 6.07) is 0.105. The number of H-pyrrole nitrogens is 1. The number of likely N-dealkylation sites (N-methyl/N-ethyl adjacent to an activating group) is 1. The molecule has 1 aliphatic heterocycles. The van der Waals surface area contributed by atoms with Gasteiger partial charge in [-0.25, -0.2) is 4.98 Å². The van der Waals surface area contributed by atoms with Crippen molar-refractivity contribution in [2.45, 2.75) is 50.2 Å². The van der Waals surface area contributed by atoms with Crippen LogP contribution >= 0.6 is 0 Å². The van der Waals surface area contributed by atoms with E-state index in [1.54, 1.807) is 6.20 Å². The Labute approximate surface area is 131 Å². The van der Waals surface area contributed by atoms with Crippen LogP contribution in [0.2, 0.25) is 0 Å². The van der Waals surface area contributed by atoms with Crippen molar-refractivity contribution in [1.29, 1.82) is 0 Å². The van der Waals surface area contributed by atoms with Gasteiger partial charge in [-0.05, 0) is 19.9 Å². The molecule has 0 radical (unpaired) electrons. The lowest BCUT2D eigenvalue weighted by atomic mass is 9.82. The normalized spacial score (nSPS) is 26.1. The van der Waals surface area contributed by atoms with Crippen LogP contribution in [-0.4, -0.2) is 63.1 Å². The van der Waals surface area contributed by atoms with E-state index in [0.29, 0.717) is 6.54 Å². The summed E-state index contributed by atoms with van der Waals surface area (Å²) in [5.74, 6) is 0.977. The molecule has 0 unspecified atom stereocenters. The largest absolute Gasteiger partial charge is 0.389 e. The molecule has 1 saturated carbocycles. The Hall–Kier alpha value is -1.40. The number of nitrogens with zero attached hydrogens (tertiary/aromatic N) is 3. The number of carbonyl (C=O) groups is 1. The molecular formula is C16H26N4O2. The van der Waals surface area contributed by atoms with Crippen LogP contribution in [0.5, 0.6) is 0 Å². The van der Waals surface area contributed by atoms with Crippen molar-refractivity contribution in [3.63, 3.8) is 0 Å². The number of aromatic nitrogens is 2. The Morgan fingerprint density at radius 3 is 2.86 bits per heavy atom. The molecule has 1 aromatic heterocycles. The van der Waals surface area contributed by atoms with Gasteiger partial charge >= 0.3 is 0 Å². The van der Waals surface area contributed by atoms with Crippen LogP contribution in [0.4, 0.5) is 0 Å². The summed E-state index contributed by atoms with van der Waals surface area (Å²) in [7, 11) is 2.06. The second-order valence-corrected chi connectivity index (χ2v) is 6.77. The van der Waals surface area contributed by atoms with Gasteiger partial charge in [0.05, 0.1) is 18.1 Å². The van der Waals surface area contributed by atoms with E-state index in [1.807, 2.05) is 11.1 Å². The molecule has 0 bridgehead atoms. The van der Waals surface area contributed by atoms with Crippen molar-refractivity contribution in [2.75, 3.05) is 26.7 Å². The van der Waals surface area contributed by atoms with E-state index >= 15 is 0 Å². The molecule has 0 spiro atoms. The quantitative estimate of drug-likeness (QED) is 0.883. The first-order valence-corrected chi connectivity index (χ1v) is 8.27. The first-order valence-electron chi connectivity index (χ1n) is 8.27. The van der Waals surface area contributed by atoms with Gasteiger partial charge in [-0.2, -0.15) is 0 Å². The maximum atomic E-state index is 12.6. The number of aliphatic hydroxyl groups is 1. The second kappa shape index (κ2) is 6.38. The van der Waals surface area contributed by atoms with Crippen LogP contribution in [-0.2, 0) is 4.79 Å². The fourth-order valence-corrected chi connectivity index (χ4v) is 3.64. The monoisotopic (exact) mass is 306 g/mol. The number of piperazine rings is 1. The van der Waals surface area contributed by atoms with Gasteiger partial charge in [-0.1, -0.05) is 19.3 Å². The Kier molecular flexibility index (Phi) is 4.49. The molecule has 122 valence electrons. The molecule has 0 aromatic carbocycles. The average Bonchev–Trinajstić information content (AvgIpc) is 3.02. The molecule has 3 rings (SSSR count). The number of hydrogen-bond donors (Lipinski definition) is 2. The highest BCUT2D eigenvalue weighted by molar-refractivity contribution is 5.77. The van der Waals surface area contributed by atoms with Crippen molar-refractivity contribution in [3.8, 4) is 0 Å². The number of imidazole rings is 1. The molecule has 1 saturated heterocycles. The molecule has 1 aliphatic carbocycles. The SMILES string of the molecule is CN1CCN(C(=O)CC2(O)CCCCC2)C[C@@H]1c1ncc[nH]1. The lowest BCUT2D eigenvalue weighted by Crippen LogP contribution is -2.51. The molecular weight excluding hydrogens is 280 g/mol. The highest BCUT2D eigenvalue weighted by Gasteiger charge is 2.36. The van der Waals surface area contributed by atoms with Gasteiger partial charge in [0, 0.05) is 32.0 Å². The molecule has 2 N–H and O–H groups in total. The Morgan fingerprint density at radius 1 is 1.41 bits per heavy atom. The zero-order valence-corrected chi connectivity index (χ0v) is 13.3. The van der Waals surface area contributed by atoms with E-state index in [4.69, 9.17) is 0 Å². The van der Waals surface area contributed by atoms with Crippen molar-refractivity contribution in [2.24, 2.45) is 0 Å². The predicted octanol–water partition coefficient (Wildman–Crippen LogP) is 1.31. The standard InChI is InChI=1S/C16H26N4O2/c1-19-9-10-20(12-13(19)15-17-7-8-18-15)14(21)11-16(22)5-3-2-4-6-16/h7-8,13,22H,2-6,9-12H2,1H3,(H,17,18)/t13-/m1/s1. The minimum absolute atomic E-state index is 0.0778. The lowest BCUT2D eigenvalue weighted by molar-refractivity contribution is -0.140. The lowest BCUT2D eigenvalue weighted by Gasteiger charge is -2.40. The minimum atomic E-state index is -0.779. The average molecular weight is 306 g/mol. The topological polar surface area (TPSA) is 72.5 Å². The molecule has 6 nitrogen and oxygen atoms in total. The van der Waals surface area contributed by atoms with Crippen LogP contribution in [0.3, 0.4) is 0 Å². The summed E-state index contributed by atoms with van der Waals surface area (Å²) < 4.78 is 0. The van der Waals surface area contributed by atoms with E-state index in [-0.39, 0.29) is 18.4 Å². The van der Waals surface area contributed by atoms with Crippen LogP contribution in [0.25, 0.3) is 0 Å². The summed E-state index contributed by atoms with van der Waals surface area (Å²) in [5.41, 5.74) is -0.779. The predicted molar refractivity (Wildman–Crippen MR) is 83.2 cm³/mol. The fraction of sp³-hybridized carbons (Fsp3) is 0.750.